The van der Waals surface area contributed by atoms with Gasteiger partial charge < -0.3 is 15.4 Å². The highest BCUT2D eigenvalue weighted by Crippen LogP contribution is 2.31. The van der Waals surface area contributed by atoms with Gasteiger partial charge in [0.2, 0.25) is 5.95 Å². The van der Waals surface area contributed by atoms with E-state index in [1.807, 2.05) is 30.3 Å². The first-order valence-electron chi connectivity index (χ1n) is 10.0. The lowest BCUT2D eigenvalue weighted by Crippen LogP contribution is -2.14. The van der Waals surface area contributed by atoms with Crippen LogP contribution in [0.4, 0.5) is 17.5 Å². The molecular formula is C24H30N4O. The molecule has 0 fully saturated rings. The molecule has 0 aliphatic rings. The minimum Gasteiger partial charge on any atom is -0.385 e. The number of para-hydroxylation sites is 1. The van der Waals surface area contributed by atoms with Crippen LogP contribution in [-0.4, -0.2) is 30.2 Å². The zero-order valence-corrected chi connectivity index (χ0v) is 17.7. The van der Waals surface area contributed by atoms with Crippen molar-refractivity contribution in [2.75, 3.05) is 30.9 Å². The second-order valence-electron chi connectivity index (χ2n) is 8.02. The summed E-state index contributed by atoms with van der Waals surface area (Å²) in [6.07, 6.45) is 0.913. The Morgan fingerprint density at radius 2 is 1.66 bits per heavy atom. The summed E-state index contributed by atoms with van der Waals surface area (Å²) in [5.41, 5.74) is 4.20. The largest absolute Gasteiger partial charge is 0.385 e. The van der Waals surface area contributed by atoms with Gasteiger partial charge in [-0.25, -0.2) is 4.98 Å². The Bertz CT molecular complexity index is 920. The molecule has 0 atom stereocenters. The van der Waals surface area contributed by atoms with Crippen molar-refractivity contribution in [3.63, 3.8) is 0 Å². The highest BCUT2D eigenvalue weighted by Gasteiger charge is 2.18. The van der Waals surface area contributed by atoms with Gasteiger partial charge in [-0.2, -0.15) is 4.98 Å². The molecule has 1 heterocycles. The second kappa shape index (κ2) is 9.52. The topological polar surface area (TPSA) is 59.1 Å². The van der Waals surface area contributed by atoms with E-state index in [1.54, 1.807) is 7.11 Å². The zero-order valence-electron chi connectivity index (χ0n) is 17.7. The van der Waals surface area contributed by atoms with Gasteiger partial charge in [0, 0.05) is 37.6 Å². The SMILES string of the molecule is COCCCNc1cc(-c2ccccc2)nc(Nc2ccccc2C(C)(C)C)n1. The summed E-state index contributed by atoms with van der Waals surface area (Å²) < 4.78 is 5.14. The molecule has 2 N–H and O–H groups in total. The number of nitrogens with zero attached hydrogens (tertiary/aromatic N) is 2. The number of aromatic nitrogens is 2. The molecule has 152 valence electrons. The third-order valence-electron chi connectivity index (χ3n) is 4.61. The summed E-state index contributed by atoms with van der Waals surface area (Å²) in [5.74, 6) is 1.38. The maximum absolute atomic E-state index is 5.14. The Labute approximate surface area is 173 Å². The summed E-state index contributed by atoms with van der Waals surface area (Å²) >= 11 is 0. The maximum Gasteiger partial charge on any atom is 0.229 e. The maximum atomic E-state index is 5.14. The van der Waals surface area contributed by atoms with Crippen LogP contribution in [-0.2, 0) is 10.2 Å². The lowest BCUT2D eigenvalue weighted by atomic mass is 9.86. The fourth-order valence-electron chi connectivity index (χ4n) is 3.15. The molecule has 3 aromatic rings. The fourth-order valence-corrected chi connectivity index (χ4v) is 3.15. The number of rotatable bonds is 8. The van der Waals surface area contributed by atoms with Gasteiger partial charge in [-0.15, -0.1) is 0 Å². The van der Waals surface area contributed by atoms with E-state index >= 15 is 0 Å². The molecule has 0 aliphatic carbocycles. The smallest absolute Gasteiger partial charge is 0.229 e. The van der Waals surface area contributed by atoms with Crippen molar-refractivity contribution in [3.8, 4) is 11.3 Å². The summed E-state index contributed by atoms with van der Waals surface area (Å²) in [6, 6.07) is 20.5. The van der Waals surface area contributed by atoms with E-state index in [4.69, 9.17) is 14.7 Å². The number of benzene rings is 2. The monoisotopic (exact) mass is 390 g/mol. The lowest BCUT2D eigenvalue weighted by molar-refractivity contribution is 0.198. The summed E-state index contributed by atoms with van der Waals surface area (Å²) in [7, 11) is 1.72. The van der Waals surface area contributed by atoms with Gasteiger partial charge in [0.05, 0.1) is 5.69 Å². The number of anilines is 3. The Kier molecular flexibility index (Phi) is 6.83. The second-order valence-corrected chi connectivity index (χ2v) is 8.02. The first-order chi connectivity index (χ1) is 14.0. The molecule has 0 unspecified atom stereocenters. The van der Waals surface area contributed by atoms with Gasteiger partial charge in [0.25, 0.3) is 0 Å². The predicted octanol–water partition coefficient (Wildman–Crippen LogP) is 5.63. The van der Waals surface area contributed by atoms with Gasteiger partial charge in [0.1, 0.15) is 5.82 Å². The van der Waals surface area contributed by atoms with E-state index in [0.29, 0.717) is 12.6 Å². The highest BCUT2D eigenvalue weighted by molar-refractivity contribution is 5.67. The van der Waals surface area contributed by atoms with Crippen LogP contribution in [0.25, 0.3) is 11.3 Å². The molecule has 1 aromatic heterocycles. The van der Waals surface area contributed by atoms with Crippen molar-refractivity contribution in [2.24, 2.45) is 0 Å². The van der Waals surface area contributed by atoms with Crippen molar-refractivity contribution < 1.29 is 4.74 Å². The van der Waals surface area contributed by atoms with Crippen molar-refractivity contribution >= 4 is 17.5 Å². The van der Waals surface area contributed by atoms with Crippen molar-refractivity contribution in [3.05, 3.63) is 66.2 Å². The third kappa shape index (κ3) is 5.78. The molecule has 2 aromatic carbocycles. The van der Waals surface area contributed by atoms with E-state index in [-0.39, 0.29) is 5.41 Å². The van der Waals surface area contributed by atoms with Gasteiger partial charge >= 0.3 is 0 Å². The quantitative estimate of drug-likeness (QED) is 0.488. The standard InChI is InChI=1S/C24H30N4O/c1-24(2,3)19-13-8-9-14-20(19)26-23-27-21(18-11-6-5-7-12-18)17-22(28-23)25-15-10-16-29-4/h5-9,11-14,17H,10,15-16H2,1-4H3,(H2,25,26,27,28). The number of methoxy groups -OCH3 is 1. The molecule has 0 bridgehead atoms. The number of ether oxygens (including phenoxy) is 1. The number of nitrogens with one attached hydrogen (secondary N) is 2. The molecule has 29 heavy (non-hydrogen) atoms. The van der Waals surface area contributed by atoms with Gasteiger partial charge in [-0.3, -0.25) is 0 Å². The number of hydrogen-bond donors (Lipinski definition) is 2. The molecule has 0 amide bonds. The van der Waals surface area contributed by atoms with E-state index in [2.05, 4.69) is 61.7 Å². The molecule has 5 heteroatoms. The summed E-state index contributed by atoms with van der Waals surface area (Å²) in [6.45, 7) is 8.12. The fraction of sp³-hybridized carbons (Fsp3) is 0.333. The Hall–Kier alpha value is -2.92. The van der Waals surface area contributed by atoms with Crippen LogP contribution < -0.4 is 10.6 Å². The molecular weight excluding hydrogens is 360 g/mol. The average molecular weight is 391 g/mol. The van der Waals surface area contributed by atoms with E-state index < -0.39 is 0 Å². The van der Waals surface area contributed by atoms with Crippen LogP contribution in [0.5, 0.6) is 0 Å². The van der Waals surface area contributed by atoms with Gasteiger partial charge in [-0.1, -0.05) is 69.3 Å². The van der Waals surface area contributed by atoms with Crippen LogP contribution in [0.15, 0.2) is 60.7 Å². The van der Waals surface area contributed by atoms with Crippen LogP contribution in [0, 0.1) is 0 Å². The third-order valence-corrected chi connectivity index (χ3v) is 4.61. The highest BCUT2D eigenvalue weighted by atomic mass is 16.5. The minimum absolute atomic E-state index is 0.0157. The van der Waals surface area contributed by atoms with E-state index in [1.165, 1.54) is 5.56 Å². The first kappa shape index (κ1) is 20.8. The van der Waals surface area contributed by atoms with Crippen molar-refractivity contribution in [1.82, 2.24) is 9.97 Å². The Balaban J connectivity index is 1.93. The van der Waals surface area contributed by atoms with Crippen molar-refractivity contribution in [1.29, 1.82) is 0 Å². The minimum atomic E-state index is 0.0157. The average Bonchev–Trinajstić information content (AvgIpc) is 2.71. The van der Waals surface area contributed by atoms with Crippen molar-refractivity contribution in [2.45, 2.75) is 32.6 Å². The lowest BCUT2D eigenvalue weighted by Gasteiger charge is -2.23. The van der Waals surface area contributed by atoms with Gasteiger partial charge in [0.15, 0.2) is 0 Å². The van der Waals surface area contributed by atoms with Crippen LogP contribution >= 0.6 is 0 Å². The normalized spacial score (nSPS) is 11.3. The molecule has 5 nitrogen and oxygen atoms in total. The van der Waals surface area contributed by atoms with Gasteiger partial charge in [-0.05, 0) is 23.5 Å². The summed E-state index contributed by atoms with van der Waals surface area (Å²) in [5, 5.41) is 6.83. The zero-order chi connectivity index (χ0) is 20.7. The Morgan fingerprint density at radius 1 is 0.931 bits per heavy atom. The van der Waals surface area contributed by atoms with Crippen LogP contribution in [0.1, 0.15) is 32.8 Å². The first-order valence-corrected chi connectivity index (χ1v) is 10.0. The van der Waals surface area contributed by atoms with E-state index in [0.717, 1.165) is 35.7 Å². The number of hydrogen-bond acceptors (Lipinski definition) is 5. The molecule has 0 spiro atoms. The molecule has 3 rings (SSSR count). The predicted molar refractivity (Wildman–Crippen MR) is 121 cm³/mol. The van der Waals surface area contributed by atoms with E-state index in [9.17, 15) is 0 Å². The van der Waals surface area contributed by atoms with Crippen LogP contribution in [0.2, 0.25) is 0 Å². The summed E-state index contributed by atoms with van der Waals surface area (Å²) in [4.78, 5) is 9.48. The molecule has 0 radical (unpaired) electrons. The molecule has 0 saturated heterocycles. The molecule has 0 saturated carbocycles. The molecule has 0 aliphatic heterocycles. The van der Waals surface area contributed by atoms with Crippen LogP contribution in [0.3, 0.4) is 0 Å². The Morgan fingerprint density at radius 3 is 2.38 bits per heavy atom.